The zero-order chi connectivity index (χ0) is 23.2. The molecule has 5 rings (SSSR count). The van der Waals surface area contributed by atoms with Crippen molar-refractivity contribution >= 4 is 29.0 Å². The molecule has 1 unspecified atom stereocenters. The van der Waals surface area contributed by atoms with Crippen molar-refractivity contribution in [1.29, 1.82) is 0 Å². The maximum Gasteiger partial charge on any atom is 0.413 e. The highest BCUT2D eigenvalue weighted by atomic mass is 16.5. The van der Waals surface area contributed by atoms with Crippen molar-refractivity contribution in [2.75, 3.05) is 12.4 Å². The fraction of sp³-hybridized carbons (Fsp3) is 0.160. The van der Waals surface area contributed by atoms with Crippen LogP contribution in [0.25, 0.3) is 11.0 Å². The monoisotopic (exact) mass is 442 g/mol. The largest absolute Gasteiger partial charge is 0.453 e. The van der Waals surface area contributed by atoms with Crippen molar-refractivity contribution < 1.29 is 19.4 Å². The molecule has 3 aromatic carbocycles. The van der Waals surface area contributed by atoms with E-state index >= 15 is 0 Å². The summed E-state index contributed by atoms with van der Waals surface area (Å²) in [5.74, 6) is 0.0696. The molecule has 0 fully saturated rings. The Morgan fingerprint density at radius 2 is 1.82 bits per heavy atom. The topological polar surface area (TPSA) is 96.7 Å². The third-order valence-electron chi connectivity index (χ3n) is 6.03. The van der Waals surface area contributed by atoms with Crippen LogP contribution in [0.2, 0.25) is 0 Å². The molecule has 0 spiro atoms. The number of aliphatic hydroxyl groups is 1. The maximum atomic E-state index is 13.4. The number of carbonyl (C=O) groups is 2. The molecule has 2 heterocycles. The van der Waals surface area contributed by atoms with Gasteiger partial charge in [0.25, 0.3) is 5.91 Å². The number of nitrogens with one attached hydrogen (secondary N) is 1. The van der Waals surface area contributed by atoms with Crippen LogP contribution < -0.4 is 5.32 Å². The van der Waals surface area contributed by atoms with Gasteiger partial charge in [0, 0.05) is 30.3 Å². The lowest BCUT2D eigenvalue weighted by Crippen LogP contribution is -2.44. The Balaban J connectivity index is 1.65. The fourth-order valence-corrected chi connectivity index (χ4v) is 4.34. The standard InChI is InChI=1S/C25H22N4O4/c1-28-21-14-17(12-13-20(21)26-23(28)27-24(31)33-2)25(32)19-11-7-6-10-18(19)22(30)29(25)15-16-8-4-3-5-9-16/h3-14,32H,15H2,1-2H3,(H,26,27,31). The Morgan fingerprint density at radius 3 is 2.58 bits per heavy atom. The number of hydrogen-bond acceptors (Lipinski definition) is 5. The van der Waals surface area contributed by atoms with E-state index in [0.29, 0.717) is 33.7 Å². The zero-order valence-corrected chi connectivity index (χ0v) is 18.1. The number of nitrogens with zero attached hydrogens (tertiary/aromatic N) is 3. The molecule has 1 aliphatic heterocycles. The highest BCUT2D eigenvalue weighted by Crippen LogP contribution is 2.43. The van der Waals surface area contributed by atoms with Gasteiger partial charge < -0.3 is 14.4 Å². The summed E-state index contributed by atoms with van der Waals surface area (Å²) in [4.78, 5) is 30.9. The van der Waals surface area contributed by atoms with Crippen molar-refractivity contribution in [2.45, 2.75) is 12.3 Å². The fourth-order valence-electron chi connectivity index (χ4n) is 4.34. The summed E-state index contributed by atoms with van der Waals surface area (Å²) >= 11 is 0. The van der Waals surface area contributed by atoms with Crippen molar-refractivity contribution in [2.24, 2.45) is 7.05 Å². The average Bonchev–Trinajstić information content (AvgIpc) is 3.27. The van der Waals surface area contributed by atoms with Crippen LogP contribution in [-0.4, -0.2) is 38.7 Å². The first-order valence-electron chi connectivity index (χ1n) is 10.4. The van der Waals surface area contributed by atoms with Crippen LogP contribution in [0.1, 0.15) is 27.0 Å². The van der Waals surface area contributed by atoms with Gasteiger partial charge in [0.05, 0.1) is 18.1 Å². The molecule has 1 aliphatic rings. The Morgan fingerprint density at radius 1 is 1.09 bits per heavy atom. The summed E-state index contributed by atoms with van der Waals surface area (Å²) in [5.41, 5.74) is 2.07. The molecule has 1 aromatic heterocycles. The summed E-state index contributed by atoms with van der Waals surface area (Å²) in [5, 5.41) is 14.7. The number of fused-ring (bicyclic) bond motifs is 2. The molecular weight excluding hydrogens is 420 g/mol. The van der Waals surface area contributed by atoms with Gasteiger partial charge in [-0.25, -0.2) is 9.78 Å². The second-order valence-corrected chi connectivity index (χ2v) is 7.91. The predicted molar refractivity (Wildman–Crippen MR) is 122 cm³/mol. The summed E-state index contributed by atoms with van der Waals surface area (Å²) in [6, 6.07) is 22.0. The van der Waals surface area contributed by atoms with Gasteiger partial charge in [0.2, 0.25) is 5.95 Å². The van der Waals surface area contributed by atoms with Gasteiger partial charge >= 0.3 is 6.09 Å². The smallest absolute Gasteiger partial charge is 0.413 e. The number of aromatic nitrogens is 2. The minimum Gasteiger partial charge on any atom is -0.453 e. The van der Waals surface area contributed by atoms with Crippen molar-refractivity contribution in [3.05, 3.63) is 95.1 Å². The van der Waals surface area contributed by atoms with Crippen molar-refractivity contribution in [3.63, 3.8) is 0 Å². The van der Waals surface area contributed by atoms with Gasteiger partial charge in [-0.2, -0.15) is 0 Å². The molecule has 4 aromatic rings. The van der Waals surface area contributed by atoms with Crippen LogP contribution in [0, 0.1) is 0 Å². The van der Waals surface area contributed by atoms with E-state index in [2.05, 4.69) is 15.0 Å². The van der Waals surface area contributed by atoms with Crippen LogP contribution in [0.15, 0.2) is 72.8 Å². The molecule has 0 saturated carbocycles. The van der Waals surface area contributed by atoms with Gasteiger partial charge in [0.15, 0.2) is 5.72 Å². The first kappa shape index (κ1) is 20.7. The van der Waals surface area contributed by atoms with Gasteiger partial charge in [-0.3, -0.25) is 15.0 Å². The molecule has 0 radical (unpaired) electrons. The number of methoxy groups -OCH3 is 1. The molecule has 0 aliphatic carbocycles. The summed E-state index contributed by atoms with van der Waals surface area (Å²) < 4.78 is 6.36. The van der Waals surface area contributed by atoms with Crippen LogP contribution in [-0.2, 0) is 24.1 Å². The predicted octanol–water partition coefficient (Wildman–Crippen LogP) is 3.60. The third-order valence-corrected chi connectivity index (χ3v) is 6.03. The van der Waals surface area contributed by atoms with Gasteiger partial charge in [0.1, 0.15) is 0 Å². The zero-order valence-electron chi connectivity index (χ0n) is 18.1. The number of ether oxygens (including phenoxy) is 1. The molecule has 33 heavy (non-hydrogen) atoms. The maximum absolute atomic E-state index is 13.4. The lowest BCUT2D eigenvalue weighted by Gasteiger charge is -2.35. The second kappa shape index (κ2) is 7.75. The quantitative estimate of drug-likeness (QED) is 0.503. The molecule has 2 N–H and O–H groups in total. The lowest BCUT2D eigenvalue weighted by molar-refractivity contribution is -0.0542. The van der Waals surface area contributed by atoms with Crippen LogP contribution in [0.5, 0.6) is 0 Å². The normalized spacial score (nSPS) is 17.3. The lowest BCUT2D eigenvalue weighted by atomic mass is 9.93. The van der Waals surface area contributed by atoms with E-state index in [0.717, 1.165) is 5.56 Å². The Kier molecular flexibility index (Phi) is 4.87. The first-order chi connectivity index (χ1) is 15.9. The van der Waals surface area contributed by atoms with E-state index in [4.69, 9.17) is 0 Å². The number of carbonyl (C=O) groups excluding carboxylic acids is 2. The molecule has 1 atom stereocenters. The van der Waals surface area contributed by atoms with Gasteiger partial charge in [-0.05, 0) is 23.8 Å². The molecule has 0 saturated heterocycles. The number of rotatable bonds is 4. The van der Waals surface area contributed by atoms with Crippen LogP contribution in [0.4, 0.5) is 10.7 Å². The summed E-state index contributed by atoms with van der Waals surface area (Å²) in [6.07, 6.45) is -0.628. The summed E-state index contributed by atoms with van der Waals surface area (Å²) in [7, 11) is 3.03. The van der Waals surface area contributed by atoms with E-state index in [1.807, 2.05) is 36.4 Å². The van der Waals surface area contributed by atoms with E-state index in [9.17, 15) is 14.7 Å². The van der Waals surface area contributed by atoms with Crippen molar-refractivity contribution in [3.8, 4) is 0 Å². The summed E-state index contributed by atoms with van der Waals surface area (Å²) in [6.45, 7) is 0.240. The number of imidazole rings is 1. The number of aryl methyl sites for hydroxylation is 1. The molecule has 8 nitrogen and oxygen atoms in total. The highest BCUT2D eigenvalue weighted by molar-refractivity contribution is 6.00. The Hall–Kier alpha value is -4.17. The highest BCUT2D eigenvalue weighted by Gasteiger charge is 2.49. The number of benzene rings is 3. The van der Waals surface area contributed by atoms with Gasteiger partial charge in [-0.1, -0.05) is 54.6 Å². The molecular formula is C25H22N4O4. The van der Waals surface area contributed by atoms with E-state index in [1.54, 1.807) is 48.0 Å². The first-order valence-corrected chi connectivity index (χ1v) is 10.4. The van der Waals surface area contributed by atoms with Crippen LogP contribution >= 0.6 is 0 Å². The minimum absolute atomic E-state index is 0.240. The molecule has 2 amide bonds. The van der Waals surface area contributed by atoms with Gasteiger partial charge in [-0.15, -0.1) is 0 Å². The minimum atomic E-state index is -1.67. The van der Waals surface area contributed by atoms with Crippen molar-refractivity contribution in [1.82, 2.24) is 14.5 Å². The van der Waals surface area contributed by atoms with E-state index in [-0.39, 0.29) is 12.5 Å². The molecule has 8 heteroatoms. The molecule has 166 valence electrons. The Bertz CT molecular complexity index is 1380. The Labute approximate surface area is 190 Å². The van der Waals surface area contributed by atoms with E-state index < -0.39 is 11.8 Å². The van der Waals surface area contributed by atoms with Crippen LogP contribution in [0.3, 0.4) is 0 Å². The average molecular weight is 442 g/mol. The third kappa shape index (κ3) is 3.23. The molecule has 0 bridgehead atoms. The van der Waals surface area contributed by atoms with E-state index in [1.165, 1.54) is 12.0 Å². The SMILES string of the molecule is COC(=O)Nc1nc2ccc(C3(O)c4ccccc4C(=O)N3Cc3ccccc3)cc2n1C. The number of hydrogen-bond donors (Lipinski definition) is 2. The number of anilines is 1. The number of amides is 2. The second-order valence-electron chi connectivity index (χ2n) is 7.91.